The van der Waals surface area contributed by atoms with Crippen LogP contribution in [0.25, 0.3) is 0 Å². The number of nitrogens with one attached hydrogen (secondary N) is 1. The van der Waals surface area contributed by atoms with Crippen LogP contribution in [0.2, 0.25) is 5.28 Å². The van der Waals surface area contributed by atoms with Gasteiger partial charge in [0, 0.05) is 12.1 Å². The molecule has 1 atom stereocenters. The van der Waals surface area contributed by atoms with Gasteiger partial charge in [-0.2, -0.15) is 0 Å². The van der Waals surface area contributed by atoms with E-state index in [2.05, 4.69) is 14.7 Å². The first-order valence-corrected chi connectivity index (χ1v) is 7.31. The third-order valence-electron chi connectivity index (χ3n) is 2.73. The molecule has 0 fully saturated rings. The van der Waals surface area contributed by atoms with Crippen LogP contribution in [-0.2, 0) is 10.0 Å². The van der Waals surface area contributed by atoms with Crippen LogP contribution in [0.4, 0.5) is 0 Å². The van der Waals surface area contributed by atoms with Crippen LogP contribution in [0.5, 0.6) is 0 Å². The van der Waals surface area contributed by atoms with Gasteiger partial charge in [0.05, 0.1) is 12.4 Å². The molecule has 0 saturated heterocycles. The highest BCUT2D eigenvalue weighted by Gasteiger charge is 2.28. The molecule has 1 rings (SSSR count). The monoisotopic (exact) mass is 293 g/mol. The van der Waals surface area contributed by atoms with Crippen molar-refractivity contribution in [2.45, 2.75) is 37.1 Å². The number of hydrogen-bond acceptors (Lipinski definition) is 5. The predicted molar refractivity (Wildman–Crippen MR) is 67.8 cm³/mol. The Bertz CT molecular complexity index is 492. The Balaban J connectivity index is 2.97. The fraction of sp³-hybridized carbons (Fsp3) is 0.600. The summed E-state index contributed by atoms with van der Waals surface area (Å²) in [7, 11) is -3.71. The van der Waals surface area contributed by atoms with Crippen molar-refractivity contribution in [1.29, 1.82) is 0 Å². The SMILES string of the molecule is CCC(C)(CCO)NS(=O)(=O)c1cnc(Cl)nc1. The fourth-order valence-electron chi connectivity index (χ4n) is 1.37. The summed E-state index contributed by atoms with van der Waals surface area (Å²) in [5.41, 5.74) is -0.701. The molecule has 0 aliphatic carbocycles. The number of nitrogens with zero attached hydrogens (tertiary/aromatic N) is 2. The first-order chi connectivity index (χ1) is 8.33. The van der Waals surface area contributed by atoms with E-state index in [-0.39, 0.29) is 16.8 Å². The Hall–Kier alpha value is -0.760. The Labute approximate surface area is 111 Å². The molecule has 1 aromatic rings. The van der Waals surface area contributed by atoms with Gasteiger partial charge in [0.25, 0.3) is 0 Å². The van der Waals surface area contributed by atoms with Crippen molar-refractivity contribution < 1.29 is 13.5 Å². The number of aliphatic hydroxyl groups is 1. The number of aromatic nitrogens is 2. The normalized spacial score (nSPS) is 15.3. The third kappa shape index (κ3) is 3.88. The van der Waals surface area contributed by atoms with E-state index in [0.29, 0.717) is 12.8 Å². The minimum absolute atomic E-state index is 0.0115. The van der Waals surface area contributed by atoms with Crippen LogP contribution in [0.3, 0.4) is 0 Å². The molecular weight excluding hydrogens is 278 g/mol. The number of aliphatic hydroxyl groups excluding tert-OH is 1. The Morgan fingerprint density at radius 1 is 1.44 bits per heavy atom. The summed E-state index contributed by atoms with van der Waals surface area (Å²) >= 11 is 5.50. The molecule has 0 aliphatic rings. The van der Waals surface area contributed by atoms with Gasteiger partial charge in [0.15, 0.2) is 0 Å². The van der Waals surface area contributed by atoms with E-state index < -0.39 is 15.6 Å². The van der Waals surface area contributed by atoms with E-state index in [1.54, 1.807) is 6.92 Å². The summed E-state index contributed by atoms with van der Waals surface area (Å²) in [5, 5.41) is 8.95. The van der Waals surface area contributed by atoms with Gasteiger partial charge >= 0.3 is 0 Å². The molecule has 2 N–H and O–H groups in total. The van der Waals surface area contributed by atoms with Crippen LogP contribution in [0.15, 0.2) is 17.3 Å². The van der Waals surface area contributed by atoms with Crippen molar-refractivity contribution >= 4 is 21.6 Å². The van der Waals surface area contributed by atoms with E-state index in [1.807, 2.05) is 6.92 Å². The van der Waals surface area contributed by atoms with Gasteiger partial charge in [-0.3, -0.25) is 0 Å². The molecule has 0 amide bonds. The standard InChI is InChI=1S/C10H16ClN3O3S/c1-3-10(2,4-5-15)14-18(16,17)8-6-12-9(11)13-7-8/h6-7,14-15H,3-5H2,1-2H3. The molecule has 0 bridgehead atoms. The summed E-state index contributed by atoms with van der Waals surface area (Å²) in [5.74, 6) is 0. The van der Waals surface area contributed by atoms with E-state index in [1.165, 1.54) is 0 Å². The van der Waals surface area contributed by atoms with Crippen molar-refractivity contribution in [3.8, 4) is 0 Å². The van der Waals surface area contributed by atoms with Gasteiger partial charge in [-0.15, -0.1) is 0 Å². The van der Waals surface area contributed by atoms with Crippen molar-refractivity contribution in [2.75, 3.05) is 6.61 Å². The second kappa shape index (κ2) is 5.92. The molecule has 18 heavy (non-hydrogen) atoms. The molecule has 8 heteroatoms. The van der Waals surface area contributed by atoms with Crippen molar-refractivity contribution in [3.63, 3.8) is 0 Å². The van der Waals surface area contributed by atoms with E-state index in [9.17, 15) is 8.42 Å². The maximum atomic E-state index is 12.1. The average Bonchev–Trinajstić information content (AvgIpc) is 2.29. The summed E-state index contributed by atoms with van der Waals surface area (Å²) in [6.07, 6.45) is 3.18. The highest BCUT2D eigenvalue weighted by atomic mass is 35.5. The largest absolute Gasteiger partial charge is 0.396 e. The topological polar surface area (TPSA) is 92.2 Å². The van der Waals surface area contributed by atoms with E-state index in [4.69, 9.17) is 16.7 Å². The summed E-state index contributed by atoms with van der Waals surface area (Å²) in [6.45, 7) is 3.48. The average molecular weight is 294 g/mol. The molecule has 0 saturated carbocycles. The van der Waals surface area contributed by atoms with Crippen molar-refractivity contribution in [3.05, 3.63) is 17.7 Å². The van der Waals surface area contributed by atoms with Gasteiger partial charge < -0.3 is 5.11 Å². The maximum Gasteiger partial charge on any atom is 0.244 e. The smallest absolute Gasteiger partial charge is 0.244 e. The Morgan fingerprint density at radius 3 is 2.44 bits per heavy atom. The zero-order valence-electron chi connectivity index (χ0n) is 10.2. The fourth-order valence-corrected chi connectivity index (χ4v) is 2.86. The van der Waals surface area contributed by atoms with Crippen LogP contribution >= 0.6 is 11.6 Å². The molecule has 6 nitrogen and oxygen atoms in total. The summed E-state index contributed by atoms with van der Waals surface area (Å²) < 4.78 is 26.7. The lowest BCUT2D eigenvalue weighted by molar-refractivity contribution is 0.233. The zero-order chi connectivity index (χ0) is 13.8. The Kier molecular flexibility index (Phi) is 5.03. The molecule has 1 aromatic heterocycles. The van der Waals surface area contributed by atoms with Crippen LogP contribution in [-0.4, -0.2) is 35.6 Å². The second-order valence-corrected chi connectivity index (χ2v) is 6.20. The summed E-state index contributed by atoms with van der Waals surface area (Å²) in [6, 6.07) is 0. The molecule has 1 heterocycles. The lowest BCUT2D eigenvalue weighted by Crippen LogP contribution is -2.46. The maximum absolute atomic E-state index is 12.1. The number of halogens is 1. The molecule has 0 aromatic carbocycles. The quantitative estimate of drug-likeness (QED) is 0.762. The third-order valence-corrected chi connectivity index (χ3v) is 4.52. The minimum Gasteiger partial charge on any atom is -0.396 e. The van der Waals surface area contributed by atoms with Gasteiger partial charge in [0.2, 0.25) is 15.3 Å². The van der Waals surface area contributed by atoms with Gasteiger partial charge in [-0.1, -0.05) is 6.92 Å². The highest BCUT2D eigenvalue weighted by molar-refractivity contribution is 7.89. The lowest BCUT2D eigenvalue weighted by atomic mass is 9.97. The number of rotatable bonds is 6. The minimum atomic E-state index is -3.71. The molecule has 1 unspecified atom stereocenters. The Morgan fingerprint density at radius 2 is 2.00 bits per heavy atom. The van der Waals surface area contributed by atoms with Gasteiger partial charge in [-0.25, -0.2) is 23.1 Å². The number of hydrogen-bond donors (Lipinski definition) is 2. The molecule has 0 radical (unpaired) electrons. The van der Waals surface area contributed by atoms with Gasteiger partial charge in [-0.05, 0) is 31.4 Å². The first kappa shape index (κ1) is 15.3. The van der Waals surface area contributed by atoms with Gasteiger partial charge in [0.1, 0.15) is 4.90 Å². The molecular formula is C10H16ClN3O3S. The van der Waals surface area contributed by atoms with E-state index in [0.717, 1.165) is 12.4 Å². The molecule has 102 valence electrons. The van der Waals surface area contributed by atoms with Crippen molar-refractivity contribution in [2.24, 2.45) is 0 Å². The molecule has 0 spiro atoms. The van der Waals surface area contributed by atoms with Crippen LogP contribution in [0.1, 0.15) is 26.7 Å². The summed E-state index contributed by atoms with van der Waals surface area (Å²) in [4.78, 5) is 7.21. The van der Waals surface area contributed by atoms with Crippen molar-refractivity contribution in [1.82, 2.24) is 14.7 Å². The van der Waals surface area contributed by atoms with Crippen LogP contribution < -0.4 is 4.72 Å². The lowest BCUT2D eigenvalue weighted by Gasteiger charge is -2.28. The number of sulfonamides is 1. The van der Waals surface area contributed by atoms with E-state index >= 15 is 0 Å². The highest BCUT2D eigenvalue weighted by Crippen LogP contribution is 2.18. The molecule has 0 aliphatic heterocycles. The first-order valence-electron chi connectivity index (χ1n) is 5.45. The zero-order valence-corrected chi connectivity index (χ0v) is 11.8. The van der Waals surface area contributed by atoms with Crippen LogP contribution in [0, 0.1) is 0 Å². The second-order valence-electron chi connectivity index (χ2n) is 4.18. The predicted octanol–water partition coefficient (Wildman–Crippen LogP) is 0.959.